The molecule has 0 saturated heterocycles. The molecule has 3 heteroatoms. The van der Waals surface area contributed by atoms with Gasteiger partial charge in [0, 0.05) is 18.6 Å². The van der Waals surface area contributed by atoms with Crippen molar-refractivity contribution in [1.82, 2.24) is 0 Å². The Morgan fingerprint density at radius 3 is 2.28 bits per heavy atom. The summed E-state index contributed by atoms with van der Waals surface area (Å²) in [4.78, 5) is 0. The van der Waals surface area contributed by atoms with Crippen molar-refractivity contribution in [3.05, 3.63) is 82.6 Å². The third kappa shape index (κ3) is 1.90. The van der Waals surface area contributed by atoms with Crippen LogP contribution in [-0.4, -0.2) is 27.3 Å². The van der Waals surface area contributed by atoms with Crippen molar-refractivity contribution >= 4 is 0 Å². The number of aliphatic hydroxyl groups is 2. The van der Waals surface area contributed by atoms with Crippen molar-refractivity contribution in [2.45, 2.75) is 45.6 Å². The molecule has 1 saturated carbocycles. The summed E-state index contributed by atoms with van der Waals surface area (Å²) in [6.07, 6.45) is 6.06. The highest BCUT2D eigenvalue weighted by atomic mass is 16.5. The predicted molar refractivity (Wildman–Crippen MR) is 102 cm³/mol. The lowest BCUT2D eigenvalue weighted by molar-refractivity contribution is -0.855. The number of aryl methyl sites for hydroxylation is 2. The number of rotatable bonds is 3. The second-order valence-electron chi connectivity index (χ2n) is 7.85. The summed E-state index contributed by atoms with van der Waals surface area (Å²) in [5.74, 6) is -0.558. The van der Waals surface area contributed by atoms with Gasteiger partial charge in [0.15, 0.2) is 0 Å². The lowest BCUT2D eigenvalue weighted by Gasteiger charge is -2.38. The lowest BCUT2D eigenvalue weighted by Crippen LogP contribution is -2.49. The number of hydrogen-bond acceptors (Lipinski definition) is 2. The smallest absolute Gasteiger partial charge is 0.280 e. The molecule has 1 aromatic rings. The zero-order chi connectivity index (χ0) is 18.8. The Kier molecular flexibility index (Phi) is 3.60. The molecule has 0 spiro atoms. The average Bonchev–Trinajstić information content (AvgIpc) is 2.90. The summed E-state index contributed by atoms with van der Waals surface area (Å²) in [6.45, 7) is 14.4. The first kappa shape index (κ1) is 17.6. The van der Waals surface area contributed by atoms with Gasteiger partial charge >= 0.3 is 0 Å². The molecule has 1 fully saturated rings. The van der Waals surface area contributed by atoms with Crippen molar-refractivity contribution in [2.75, 3.05) is 7.05 Å². The van der Waals surface area contributed by atoms with Crippen LogP contribution in [0.1, 0.15) is 37.5 Å². The van der Waals surface area contributed by atoms with E-state index < -0.39 is 16.9 Å². The van der Waals surface area contributed by atoms with Gasteiger partial charge in [-0.2, -0.15) is 0 Å². The van der Waals surface area contributed by atoms with Gasteiger partial charge in [-0.05, 0) is 38.8 Å². The first-order valence-electron chi connectivity index (χ1n) is 8.66. The largest absolute Gasteiger partial charge is 0.481 e. The maximum absolute atomic E-state index is 10.1. The van der Waals surface area contributed by atoms with Crippen molar-refractivity contribution in [3.63, 3.8) is 0 Å². The summed E-state index contributed by atoms with van der Waals surface area (Å²) < 4.78 is 0.512. The van der Waals surface area contributed by atoms with Gasteiger partial charge in [0.25, 0.3) is 5.95 Å². The molecule has 0 aromatic heterocycles. The Labute approximate surface area is 150 Å². The van der Waals surface area contributed by atoms with E-state index in [1.807, 2.05) is 6.08 Å². The zero-order valence-corrected chi connectivity index (χ0v) is 16.0. The van der Waals surface area contributed by atoms with Crippen LogP contribution in [0.4, 0.5) is 0 Å². The molecule has 2 N–H and O–H groups in total. The molecule has 0 radical (unpaired) electrons. The van der Waals surface area contributed by atoms with Gasteiger partial charge in [0.05, 0.1) is 18.0 Å². The van der Waals surface area contributed by atoms with Crippen LogP contribution >= 0.6 is 0 Å². The fraction of sp³-hybridized carbons (Fsp3) is 0.364. The molecule has 1 aliphatic carbocycles. The van der Waals surface area contributed by atoms with Crippen LogP contribution in [0.5, 0.6) is 0 Å². The molecule has 3 nitrogen and oxygen atoms in total. The second-order valence-corrected chi connectivity index (χ2v) is 7.85. The number of quaternary nitrogens is 1. The maximum atomic E-state index is 10.1. The van der Waals surface area contributed by atoms with E-state index in [9.17, 15) is 10.2 Å². The molecule has 1 heterocycles. The number of allylic oxidation sites excluding steroid dienone is 4. The van der Waals surface area contributed by atoms with E-state index in [1.165, 1.54) is 11.1 Å². The van der Waals surface area contributed by atoms with E-state index in [4.69, 9.17) is 0 Å². The van der Waals surface area contributed by atoms with E-state index in [0.29, 0.717) is 10.1 Å². The quantitative estimate of drug-likeness (QED) is 0.595. The van der Waals surface area contributed by atoms with Crippen LogP contribution in [0.25, 0.3) is 0 Å². The standard InChI is InChI=1S/C22H27NO2/c1-8-17-11-12-23(7,16(17)4)22(6)19(20(24)25)21(22,5)18-10-9-14(2)13-15(18)3/h8-13H,1H2,2-7H3,(H-,24,25)/p+1. The van der Waals surface area contributed by atoms with Gasteiger partial charge in [-0.3, -0.25) is 4.48 Å². The summed E-state index contributed by atoms with van der Waals surface area (Å²) in [5, 5.41) is 20.2. The normalized spacial score (nSPS) is 33.8. The lowest BCUT2D eigenvalue weighted by atomic mass is 9.87. The first-order chi connectivity index (χ1) is 11.6. The summed E-state index contributed by atoms with van der Waals surface area (Å²) in [6, 6.07) is 6.37. The molecule has 3 atom stereocenters. The van der Waals surface area contributed by atoms with Crippen molar-refractivity contribution in [3.8, 4) is 0 Å². The molecule has 25 heavy (non-hydrogen) atoms. The Morgan fingerprint density at radius 1 is 1.16 bits per heavy atom. The van der Waals surface area contributed by atoms with Gasteiger partial charge in [0.2, 0.25) is 0 Å². The monoisotopic (exact) mass is 338 g/mol. The Morgan fingerprint density at radius 2 is 1.80 bits per heavy atom. The van der Waals surface area contributed by atoms with Crippen LogP contribution in [-0.2, 0) is 5.41 Å². The van der Waals surface area contributed by atoms with E-state index in [1.54, 1.807) is 0 Å². The van der Waals surface area contributed by atoms with Crippen LogP contribution < -0.4 is 0 Å². The van der Waals surface area contributed by atoms with E-state index in [2.05, 4.69) is 78.7 Å². The summed E-state index contributed by atoms with van der Waals surface area (Å²) >= 11 is 0. The van der Waals surface area contributed by atoms with Crippen LogP contribution in [0.15, 0.2) is 65.9 Å². The predicted octanol–water partition coefficient (Wildman–Crippen LogP) is 5.09. The minimum absolute atomic E-state index is 0.458. The minimum Gasteiger partial charge on any atom is -0.481 e. The highest BCUT2D eigenvalue weighted by Gasteiger charge is 2.80. The highest BCUT2D eigenvalue weighted by Crippen LogP contribution is 2.70. The maximum Gasteiger partial charge on any atom is 0.280 e. The van der Waals surface area contributed by atoms with E-state index in [0.717, 1.165) is 16.8 Å². The third-order valence-electron chi connectivity index (χ3n) is 6.86. The van der Waals surface area contributed by atoms with Gasteiger partial charge in [-0.15, -0.1) is 0 Å². The summed E-state index contributed by atoms with van der Waals surface area (Å²) in [7, 11) is 2.13. The van der Waals surface area contributed by atoms with Crippen LogP contribution in [0, 0.1) is 13.8 Å². The summed E-state index contributed by atoms with van der Waals surface area (Å²) in [5.41, 5.74) is 5.52. The van der Waals surface area contributed by atoms with Crippen molar-refractivity contribution < 1.29 is 14.7 Å². The molecule has 0 bridgehead atoms. The number of nitrogens with zero attached hydrogens (tertiary/aromatic N) is 1. The minimum atomic E-state index is -0.558. The first-order valence-corrected chi connectivity index (χ1v) is 8.66. The Balaban J connectivity index is 2.26. The zero-order valence-electron chi connectivity index (χ0n) is 16.0. The molecule has 1 aromatic carbocycles. The van der Waals surface area contributed by atoms with Crippen molar-refractivity contribution in [2.24, 2.45) is 0 Å². The molecule has 3 rings (SSSR count). The fourth-order valence-electron chi connectivity index (χ4n) is 5.01. The molecule has 1 aliphatic heterocycles. The fourth-order valence-corrected chi connectivity index (χ4v) is 5.01. The van der Waals surface area contributed by atoms with E-state index in [-0.39, 0.29) is 0 Å². The number of aliphatic hydroxyl groups excluding tert-OH is 1. The third-order valence-corrected chi connectivity index (χ3v) is 6.86. The van der Waals surface area contributed by atoms with Crippen LogP contribution in [0.3, 0.4) is 0 Å². The topological polar surface area (TPSA) is 40.5 Å². The Hall–Kier alpha value is -2.26. The van der Waals surface area contributed by atoms with Crippen LogP contribution in [0.2, 0.25) is 0 Å². The molecule has 2 aliphatic rings. The van der Waals surface area contributed by atoms with E-state index >= 15 is 0 Å². The van der Waals surface area contributed by atoms with Gasteiger partial charge in [-0.1, -0.05) is 36.4 Å². The molecule has 132 valence electrons. The van der Waals surface area contributed by atoms with Gasteiger partial charge in [0.1, 0.15) is 17.4 Å². The van der Waals surface area contributed by atoms with Crippen molar-refractivity contribution in [1.29, 1.82) is 0 Å². The second kappa shape index (κ2) is 5.12. The SMILES string of the molecule is C=CC1=C(C)[N+](C)(C2(C)C(=C(O)O)C2(C)c2ccc(C)cc2C)C=C1. The molecule has 0 amide bonds. The number of benzene rings is 1. The molecular weight excluding hydrogens is 310 g/mol. The van der Waals surface area contributed by atoms with Gasteiger partial charge in [-0.25, -0.2) is 0 Å². The Bertz CT molecular complexity index is 872. The average molecular weight is 338 g/mol. The number of likely N-dealkylation sites (N-methyl/N-ethyl adjacent to an activating group) is 1. The van der Waals surface area contributed by atoms with Gasteiger partial charge < -0.3 is 10.2 Å². The number of hydrogen-bond donors (Lipinski definition) is 2. The highest BCUT2D eigenvalue weighted by molar-refractivity contribution is 5.63. The molecule has 3 unspecified atom stereocenters. The molecular formula is C22H28NO2+.